The third kappa shape index (κ3) is 3.76. The zero-order valence-electron chi connectivity index (χ0n) is 15.3. The summed E-state index contributed by atoms with van der Waals surface area (Å²) in [6, 6.07) is 15.8. The Kier molecular flexibility index (Phi) is 5.68. The summed E-state index contributed by atoms with van der Waals surface area (Å²) in [6.07, 6.45) is 0.599. The molecule has 0 fully saturated rings. The monoisotopic (exact) mass is 481 g/mol. The second-order valence-corrected chi connectivity index (χ2v) is 9.57. The first-order valence-electron chi connectivity index (χ1n) is 8.85. The van der Waals surface area contributed by atoms with Gasteiger partial charge in [-0.1, -0.05) is 59.1 Å². The number of hydrogen-bond acceptors (Lipinski definition) is 4. The van der Waals surface area contributed by atoms with Gasteiger partial charge in [-0.3, -0.25) is 4.31 Å². The molecular weight excluding hydrogens is 469 g/mol. The molecule has 5 nitrogen and oxygen atoms in total. The number of nitrogens with zero attached hydrogens (tertiary/aromatic N) is 1. The topological polar surface area (TPSA) is 63.7 Å². The van der Waals surface area contributed by atoms with Crippen LogP contribution in [0.4, 0.5) is 5.69 Å². The van der Waals surface area contributed by atoms with Gasteiger partial charge in [-0.15, -0.1) is 0 Å². The minimum atomic E-state index is -3.98. The predicted molar refractivity (Wildman–Crippen MR) is 118 cm³/mol. The number of sulfonamides is 1. The quantitative estimate of drug-likeness (QED) is 0.358. The van der Waals surface area contributed by atoms with Gasteiger partial charge in [-0.05, 0) is 48.4 Å². The van der Waals surface area contributed by atoms with Gasteiger partial charge < -0.3 is 4.74 Å². The molecule has 4 rings (SSSR count). The molecule has 0 aliphatic carbocycles. The lowest BCUT2D eigenvalue weighted by Gasteiger charge is -2.20. The average molecular weight is 483 g/mol. The number of carbonyl (C=O) groups is 1. The van der Waals surface area contributed by atoms with Crippen molar-refractivity contribution in [2.75, 3.05) is 10.8 Å². The van der Waals surface area contributed by atoms with Crippen LogP contribution in [0.3, 0.4) is 0 Å². The lowest BCUT2D eigenvalue weighted by atomic mass is 10.2. The predicted octanol–water partition coefficient (Wildman–Crippen LogP) is 5.62. The Bertz CT molecular complexity index is 1260. The van der Waals surface area contributed by atoms with Crippen molar-refractivity contribution in [3.8, 4) is 5.75 Å². The van der Waals surface area contributed by atoms with Crippen LogP contribution in [-0.4, -0.2) is 20.9 Å². The molecule has 0 radical (unpaired) electrons. The van der Waals surface area contributed by atoms with E-state index in [0.29, 0.717) is 18.7 Å². The van der Waals surface area contributed by atoms with Crippen LogP contribution < -0.4 is 9.04 Å². The highest BCUT2D eigenvalue weighted by atomic mass is 35.5. The number of hydrogen-bond donors (Lipinski definition) is 0. The summed E-state index contributed by atoms with van der Waals surface area (Å²) in [7, 11) is -3.98. The highest BCUT2D eigenvalue weighted by molar-refractivity contribution is 7.93. The number of para-hydroxylation sites is 1. The number of fused-ring (bicyclic) bond motifs is 1. The second-order valence-electron chi connectivity index (χ2n) is 6.54. The number of anilines is 1. The first-order chi connectivity index (χ1) is 14.3. The van der Waals surface area contributed by atoms with E-state index in [-0.39, 0.29) is 31.3 Å². The van der Waals surface area contributed by atoms with Crippen molar-refractivity contribution in [2.24, 2.45) is 0 Å². The molecule has 1 heterocycles. The Morgan fingerprint density at radius 3 is 2.50 bits per heavy atom. The Hall–Kier alpha value is -2.25. The van der Waals surface area contributed by atoms with Gasteiger partial charge in [0.1, 0.15) is 9.92 Å². The summed E-state index contributed by atoms with van der Waals surface area (Å²) < 4.78 is 33.2. The van der Waals surface area contributed by atoms with Crippen LogP contribution in [0, 0.1) is 0 Å². The number of carbonyl (C=O) groups excluding carboxylic acids is 1. The van der Waals surface area contributed by atoms with E-state index >= 15 is 0 Å². The molecule has 1 aliphatic heterocycles. The zero-order chi connectivity index (χ0) is 21.5. The Labute approximate surface area is 188 Å². The van der Waals surface area contributed by atoms with Gasteiger partial charge in [0.2, 0.25) is 0 Å². The fraction of sp³-hybridized carbons (Fsp3) is 0.0952. The van der Waals surface area contributed by atoms with Gasteiger partial charge >= 0.3 is 5.97 Å². The number of rotatable bonds is 4. The summed E-state index contributed by atoms with van der Waals surface area (Å²) >= 11 is 18.2. The Morgan fingerprint density at radius 2 is 1.70 bits per heavy atom. The maximum absolute atomic E-state index is 13.3. The van der Waals surface area contributed by atoms with E-state index in [1.165, 1.54) is 28.6 Å². The number of halogens is 3. The zero-order valence-corrected chi connectivity index (χ0v) is 18.4. The minimum absolute atomic E-state index is 0.0109. The van der Waals surface area contributed by atoms with E-state index in [0.717, 1.165) is 5.56 Å². The molecule has 0 N–H and O–H groups in total. The molecular formula is C21H14Cl3NO4S. The molecule has 0 aromatic heterocycles. The molecule has 30 heavy (non-hydrogen) atoms. The minimum Gasteiger partial charge on any atom is -0.421 e. The summed E-state index contributed by atoms with van der Waals surface area (Å²) in [6.45, 7) is 0.296. The lowest BCUT2D eigenvalue weighted by molar-refractivity contribution is 0.0734. The fourth-order valence-corrected chi connectivity index (χ4v) is 5.56. The smallest absolute Gasteiger partial charge is 0.343 e. The van der Waals surface area contributed by atoms with Crippen molar-refractivity contribution in [1.29, 1.82) is 0 Å². The molecule has 0 amide bonds. The number of ether oxygens (including phenoxy) is 1. The van der Waals surface area contributed by atoms with E-state index in [9.17, 15) is 13.2 Å². The normalized spacial score (nSPS) is 13.2. The molecule has 3 aromatic rings. The van der Waals surface area contributed by atoms with Gasteiger partial charge in [0.15, 0.2) is 5.75 Å². The summed E-state index contributed by atoms with van der Waals surface area (Å²) in [5.74, 6) is -0.712. The van der Waals surface area contributed by atoms with Crippen LogP contribution in [0.1, 0.15) is 15.9 Å². The molecule has 154 valence electrons. The molecule has 1 aliphatic rings. The third-order valence-electron chi connectivity index (χ3n) is 4.70. The van der Waals surface area contributed by atoms with Crippen molar-refractivity contribution >= 4 is 56.5 Å². The largest absolute Gasteiger partial charge is 0.421 e. The van der Waals surface area contributed by atoms with E-state index in [2.05, 4.69) is 0 Å². The van der Waals surface area contributed by atoms with E-state index < -0.39 is 16.0 Å². The molecule has 3 aromatic carbocycles. The second kappa shape index (κ2) is 8.12. The molecule has 9 heteroatoms. The van der Waals surface area contributed by atoms with Crippen LogP contribution in [0.2, 0.25) is 15.1 Å². The van der Waals surface area contributed by atoms with Crippen molar-refractivity contribution in [2.45, 2.75) is 11.3 Å². The van der Waals surface area contributed by atoms with E-state index in [4.69, 9.17) is 39.5 Å². The summed E-state index contributed by atoms with van der Waals surface area (Å²) in [5, 5.41) is 0.328. The first kappa shape index (κ1) is 21.0. The van der Waals surface area contributed by atoms with Crippen molar-refractivity contribution in [3.63, 3.8) is 0 Å². The van der Waals surface area contributed by atoms with Crippen LogP contribution in [-0.2, 0) is 16.4 Å². The average Bonchev–Trinajstić information content (AvgIpc) is 3.16. The van der Waals surface area contributed by atoms with Crippen LogP contribution >= 0.6 is 34.8 Å². The van der Waals surface area contributed by atoms with Crippen LogP contribution in [0.15, 0.2) is 65.6 Å². The molecule has 0 bridgehead atoms. The summed E-state index contributed by atoms with van der Waals surface area (Å²) in [4.78, 5) is 12.4. The Balaban J connectivity index is 1.68. The number of esters is 1. The highest BCUT2D eigenvalue weighted by Crippen LogP contribution is 2.36. The lowest BCUT2D eigenvalue weighted by Crippen LogP contribution is -2.29. The molecule has 0 unspecified atom stereocenters. The first-order valence-corrected chi connectivity index (χ1v) is 11.4. The van der Waals surface area contributed by atoms with Gasteiger partial charge in [-0.25, -0.2) is 13.2 Å². The third-order valence-corrected chi connectivity index (χ3v) is 7.79. The molecule has 0 atom stereocenters. The maximum Gasteiger partial charge on any atom is 0.343 e. The van der Waals surface area contributed by atoms with Crippen molar-refractivity contribution < 1.29 is 17.9 Å². The van der Waals surface area contributed by atoms with Crippen molar-refractivity contribution in [3.05, 3.63) is 86.9 Å². The molecule has 0 spiro atoms. The Morgan fingerprint density at radius 1 is 0.933 bits per heavy atom. The fourth-order valence-electron chi connectivity index (χ4n) is 3.23. The highest BCUT2D eigenvalue weighted by Gasteiger charge is 2.32. The van der Waals surface area contributed by atoms with E-state index in [1.807, 2.05) is 12.1 Å². The summed E-state index contributed by atoms with van der Waals surface area (Å²) in [5.41, 5.74) is 1.55. The van der Waals surface area contributed by atoms with Crippen LogP contribution in [0.5, 0.6) is 5.75 Å². The number of benzene rings is 3. The standard InChI is InChI=1S/C21H14Cl3NO4S/c22-15-9-8-14(21(26)29-18-7-3-5-16(23)20(18)24)12-19(15)30(27,28)25-11-10-13-4-1-2-6-17(13)25/h1-9,12H,10-11H2. The van der Waals surface area contributed by atoms with E-state index in [1.54, 1.807) is 24.3 Å². The van der Waals surface area contributed by atoms with Gasteiger partial charge in [0, 0.05) is 6.54 Å². The van der Waals surface area contributed by atoms with Gasteiger partial charge in [0.05, 0.1) is 21.3 Å². The maximum atomic E-state index is 13.3. The molecule has 0 saturated carbocycles. The SMILES string of the molecule is O=C(Oc1cccc(Cl)c1Cl)c1ccc(Cl)c(S(=O)(=O)N2CCc3ccccc32)c1. The van der Waals surface area contributed by atoms with Crippen molar-refractivity contribution in [1.82, 2.24) is 0 Å². The van der Waals surface area contributed by atoms with Gasteiger partial charge in [-0.2, -0.15) is 0 Å². The van der Waals surface area contributed by atoms with Crippen LogP contribution in [0.25, 0.3) is 0 Å². The molecule has 0 saturated heterocycles. The van der Waals surface area contributed by atoms with Gasteiger partial charge in [0.25, 0.3) is 10.0 Å².